The van der Waals surface area contributed by atoms with Crippen molar-refractivity contribution in [1.29, 1.82) is 0 Å². The Kier molecular flexibility index (Phi) is 12.6. The number of piperidine rings is 1. The molecule has 1 aliphatic rings. The van der Waals surface area contributed by atoms with Gasteiger partial charge in [-0.2, -0.15) is 0 Å². The van der Waals surface area contributed by atoms with E-state index in [2.05, 4.69) is 54.5 Å². The van der Waals surface area contributed by atoms with Crippen molar-refractivity contribution in [3.05, 3.63) is 107 Å². The third-order valence-electron chi connectivity index (χ3n) is 7.47. The lowest BCUT2D eigenvalue weighted by atomic mass is 9.93. The van der Waals surface area contributed by atoms with Gasteiger partial charge in [0.2, 0.25) is 12.2 Å². The second kappa shape index (κ2) is 16.3. The number of hydrogen-bond donors (Lipinski definition) is 3. The molecule has 0 saturated carbocycles. The van der Waals surface area contributed by atoms with E-state index >= 15 is 0 Å². The number of carboxylic acid groups (broad SMARTS) is 2. The van der Waals surface area contributed by atoms with E-state index in [0.29, 0.717) is 6.04 Å². The molecule has 0 amide bonds. The van der Waals surface area contributed by atoms with Crippen LogP contribution in [0.3, 0.4) is 0 Å². The Morgan fingerprint density at radius 2 is 1.25 bits per heavy atom. The van der Waals surface area contributed by atoms with Crippen LogP contribution in [0.5, 0.6) is 0 Å². The van der Waals surface area contributed by atoms with E-state index in [1.54, 1.807) is 38.1 Å². The van der Waals surface area contributed by atoms with Gasteiger partial charge in [0.15, 0.2) is 0 Å². The summed E-state index contributed by atoms with van der Waals surface area (Å²) in [5, 5.41) is 22.1. The van der Waals surface area contributed by atoms with Gasteiger partial charge in [0.05, 0.1) is 11.1 Å². The first kappa shape index (κ1) is 34.0. The fourth-order valence-electron chi connectivity index (χ4n) is 4.73. The molecule has 44 heavy (non-hydrogen) atoms. The number of likely N-dealkylation sites (tertiary alicyclic amines) is 1. The maximum atomic E-state index is 12.2. The van der Waals surface area contributed by atoms with Crippen LogP contribution in [0.2, 0.25) is 0 Å². The number of likely N-dealkylation sites (N-methyl/N-ethyl adjacent to an activating group) is 1. The average Bonchev–Trinajstić information content (AvgIpc) is 3.01. The minimum atomic E-state index is -2.22. The smallest absolute Gasteiger partial charge is 0.349 e. The van der Waals surface area contributed by atoms with Crippen molar-refractivity contribution in [3.8, 4) is 0 Å². The quantitative estimate of drug-likeness (QED) is 0.286. The average molecular weight is 605 g/mol. The summed E-state index contributed by atoms with van der Waals surface area (Å²) >= 11 is 0. The standard InChI is InChI=1S/C20H18O8.C14H22N2/c1-11-3-7-13(8-4-11)19(25)27-15(17(21)22)16(18(23)24)28-20(26)14-9-5-12(2)6-10-14;1-12-8-9-16(11-14(12)15-2)10-13-6-4-3-5-7-13/h3-10,15-16H,1-2H3,(H,21,22)(H,23,24);3-7,12,14-15H,8-11H2,1-2H3/t15-,16-;12-,14?/m11/s1. The lowest BCUT2D eigenvalue weighted by Gasteiger charge is -2.37. The Bertz CT molecular complexity index is 1320. The summed E-state index contributed by atoms with van der Waals surface area (Å²) in [5.74, 6) is -4.82. The monoisotopic (exact) mass is 604 g/mol. The first-order chi connectivity index (χ1) is 21.0. The third kappa shape index (κ3) is 10.0. The lowest BCUT2D eigenvalue weighted by Crippen LogP contribution is -2.48. The summed E-state index contributed by atoms with van der Waals surface area (Å²) in [6.45, 7) is 9.42. The van der Waals surface area contributed by atoms with Gasteiger partial charge in [-0.05, 0) is 69.6 Å². The molecule has 0 bridgehead atoms. The molecule has 0 radical (unpaired) electrons. The molecule has 1 unspecified atom stereocenters. The summed E-state index contributed by atoms with van der Waals surface area (Å²) in [6.07, 6.45) is -3.14. The van der Waals surface area contributed by atoms with E-state index in [1.165, 1.54) is 49.3 Å². The van der Waals surface area contributed by atoms with Crippen LogP contribution in [-0.4, -0.2) is 77.4 Å². The van der Waals surface area contributed by atoms with Gasteiger partial charge in [-0.15, -0.1) is 0 Å². The van der Waals surface area contributed by atoms with E-state index in [9.17, 15) is 29.4 Å². The Balaban J connectivity index is 0.000000278. The number of hydrogen-bond acceptors (Lipinski definition) is 8. The number of carbonyl (C=O) groups is 4. The van der Waals surface area contributed by atoms with Crippen molar-refractivity contribution < 1.29 is 38.9 Å². The molecule has 3 N–H and O–H groups in total. The third-order valence-corrected chi connectivity index (χ3v) is 7.47. The maximum absolute atomic E-state index is 12.2. The summed E-state index contributed by atoms with van der Waals surface area (Å²) < 4.78 is 9.64. The number of carbonyl (C=O) groups excluding carboxylic acids is 2. The molecular formula is C34H40N2O8. The molecule has 0 aromatic heterocycles. The number of ether oxygens (including phenoxy) is 2. The Labute approximate surface area is 257 Å². The normalized spacial score (nSPS) is 17.7. The maximum Gasteiger partial charge on any atom is 0.349 e. The summed E-state index contributed by atoms with van der Waals surface area (Å²) in [4.78, 5) is 49.9. The Morgan fingerprint density at radius 3 is 1.66 bits per heavy atom. The summed E-state index contributed by atoms with van der Waals surface area (Å²) in [5.41, 5.74) is 3.21. The van der Waals surface area contributed by atoms with Crippen LogP contribution < -0.4 is 5.32 Å². The van der Waals surface area contributed by atoms with Crippen LogP contribution in [-0.2, 0) is 25.6 Å². The Morgan fingerprint density at radius 1 is 0.795 bits per heavy atom. The predicted octanol–water partition coefficient (Wildman–Crippen LogP) is 4.34. The van der Waals surface area contributed by atoms with E-state index in [4.69, 9.17) is 9.47 Å². The zero-order valence-electron chi connectivity index (χ0n) is 25.4. The Hall–Kier alpha value is -4.54. The molecule has 4 atom stereocenters. The molecule has 0 spiro atoms. The molecule has 4 rings (SSSR count). The molecule has 1 aliphatic heterocycles. The molecule has 234 valence electrons. The molecular weight excluding hydrogens is 564 g/mol. The van der Waals surface area contributed by atoms with Crippen LogP contribution in [0.25, 0.3) is 0 Å². The molecule has 3 aromatic rings. The van der Waals surface area contributed by atoms with E-state index < -0.39 is 36.1 Å². The van der Waals surface area contributed by atoms with Crippen molar-refractivity contribution in [2.75, 3.05) is 20.1 Å². The van der Waals surface area contributed by atoms with Gasteiger partial charge in [0.25, 0.3) is 0 Å². The first-order valence-electron chi connectivity index (χ1n) is 14.4. The second-order valence-corrected chi connectivity index (χ2v) is 10.9. The van der Waals surface area contributed by atoms with E-state index in [-0.39, 0.29) is 11.1 Å². The highest BCUT2D eigenvalue weighted by Crippen LogP contribution is 2.19. The first-order valence-corrected chi connectivity index (χ1v) is 14.4. The van der Waals surface area contributed by atoms with Crippen molar-refractivity contribution in [2.24, 2.45) is 5.92 Å². The zero-order chi connectivity index (χ0) is 32.2. The predicted molar refractivity (Wildman–Crippen MR) is 164 cm³/mol. The number of nitrogens with one attached hydrogen (secondary N) is 1. The minimum Gasteiger partial charge on any atom is -0.478 e. The topological polar surface area (TPSA) is 142 Å². The molecule has 1 fully saturated rings. The molecule has 1 saturated heterocycles. The SMILES string of the molecule is CNC1CN(Cc2ccccc2)CC[C@H]1C.Cc1ccc(C(=O)O[C@@H](C(=O)O)[C@@H](OC(=O)c2ccc(C)cc2)C(=O)O)cc1. The summed E-state index contributed by atoms with van der Waals surface area (Å²) in [7, 11) is 2.08. The number of rotatable bonds is 10. The highest BCUT2D eigenvalue weighted by atomic mass is 16.6. The van der Waals surface area contributed by atoms with Crippen LogP contribution in [0.15, 0.2) is 78.9 Å². The number of nitrogens with zero attached hydrogens (tertiary/aromatic N) is 1. The number of aliphatic carboxylic acids is 2. The van der Waals surface area contributed by atoms with Gasteiger partial charge in [-0.25, -0.2) is 19.2 Å². The highest BCUT2D eigenvalue weighted by Gasteiger charge is 2.41. The van der Waals surface area contributed by atoms with Crippen molar-refractivity contribution in [2.45, 2.75) is 52.0 Å². The van der Waals surface area contributed by atoms with Gasteiger partial charge in [0, 0.05) is 19.1 Å². The van der Waals surface area contributed by atoms with Crippen LogP contribution in [0.1, 0.15) is 50.8 Å². The molecule has 3 aromatic carbocycles. The van der Waals surface area contributed by atoms with Crippen molar-refractivity contribution >= 4 is 23.9 Å². The molecule has 1 heterocycles. The minimum absolute atomic E-state index is 0.0332. The fraction of sp³-hybridized carbons (Fsp3) is 0.353. The fourth-order valence-corrected chi connectivity index (χ4v) is 4.73. The summed E-state index contributed by atoms with van der Waals surface area (Å²) in [6, 6.07) is 23.5. The molecule has 10 heteroatoms. The van der Waals surface area contributed by atoms with E-state index in [1.807, 2.05) is 0 Å². The number of esters is 2. The number of aryl methyl sites for hydroxylation is 2. The molecule has 0 aliphatic carbocycles. The van der Waals surface area contributed by atoms with Gasteiger partial charge in [-0.3, -0.25) is 4.90 Å². The second-order valence-electron chi connectivity index (χ2n) is 10.9. The van der Waals surface area contributed by atoms with E-state index in [0.717, 1.165) is 23.6 Å². The van der Waals surface area contributed by atoms with Gasteiger partial charge in [-0.1, -0.05) is 72.6 Å². The number of benzene rings is 3. The number of carboxylic acids is 2. The van der Waals surface area contributed by atoms with Crippen molar-refractivity contribution in [3.63, 3.8) is 0 Å². The van der Waals surface area contributed by atoms with Crippen molar-refractivity contribution in [1.82, 2.24) is 10.2 Å². The van der Waals surface area contributed by atoms with Crippen LogP contribution >= 0.6 is 0 Å². The van der Waals surface area contributed by atoms with Crippen LogP contribution in [0.4, 0.5) is 0 Å². The van der Waals surface area contributed by atoms with Gasteiger partial charge in [0.1, 0.15) is 0 Å². The lowest BCUT2D eigenvalue weighted by molar-refractivity contribution is -0.166. The van der Waals surface area contributed by atoms with Gasteiger partial charge < -0.3 is 25.0 Å². The largest absolute Gasteiger partial charge is 0.478 e. The van der Waals surface area contributed by atoms with Crippen LogP contribution in [0, 0.1) is 19.8 Å². The van der Waals surface area contributed by atoms with Gasteiger partial charge >= 0.3 is 23.9 Å². The highest BCUT2D eigenvalue weighted by molar-refractivity contribution is 5.95. The zero-order valence-corrected chi connectivity index (χ0v) is 25.4. The molecule has 10 nitrogen and oxygen atoms in total.